The van der Waals surface area contributed by atoms with Gasteiger partial charge in [0.15, 0.2) is 12.1 Å². The molecule has 15 heavy (non-hydrogen) atoms. The fourth-order valence-electron chi connectivity index (χ4n) is 1.64. The predicted octanol–water partition coefficient (Wildman–Crippen LogP) is 2.40. The van der Waals surface area contributed by atoms with Crippen LogP contribution in [0.3, 0.4) is 0 Å². The van der Waals surface area contributed by atoms with E-state index in [-0.39, 0.29) is 12.1 Å². The van der Waals surface area contributed by atoms with Crippen molar-refractivity contribution in [1.29, 1.82) is 0 Å². The summed E-state index contributed by atoms with van der Waals surface area (Å²) >= 11 is 0. The molecule has 0 spiro atoms. The molecule has 1 aliphatic heterocycles. The molecule has 1 aromatic rings. The Kier molecular flexibility index (Phi) is 3.02. The van der Waals surface area contributed by atoms with Crippen molar-refractivity contribution in [2.24, 2.45) is 0 Å². The van der Waals surface area contributed by atoms with Gasteiger partial charge in [-0.15, -0.1) is 0 Å². The summed E-state index contributed by atoms with van der Waals surface area (Å²) in [6.45, 7) is 2.28. The third-order valence-corrected chi connectivity index (χ3v) is 2.41. The van der Waals surface area contributed by atoms with Gasteiger partial charge < -0.3 is 9.47 Å². The Balaban J connectivity index is 2.15. The molecule has 1 aliphatic rings. The van der Waals surface area contributed by atoms with Crippen LogP contribution in [-0.2, 0) is 4.74 Å². The Morgan fingerprint density at radius 1 is 1.47 bits per heavy atom. The lowest BCUT2D eigenvalue weighted by Crippen LogP contribution is -2.15. The van der Waals surface area contributed by atoms with Crippen molar-refractivity contribution in [2.45, 2.75) is 26.1 Å². The zero-order chi connectivity index (χ0) is 10.7. The molecule has 0 saturated carbocycles. The first-order valence-corrected chi connectivity index (χ1v) is 5.15. The average molecular weight is 206 g/mol. The van der Waals surface area contributed by atoms with Crippen LogP contribution in [0.4, 0.5) is 0 Å². The van der Waals surface area contributed by atoms with Gasteiger partial charge in [-0.05, 0) is 25.5 Å². The predicted molar refractivity (Wildman–Crippen MR) is 56.0 cm³/mol. The first-order chi connectivity index (χ1) is 7.27. The van der Waals surface area contributed by atoms with Crippen LogP contribution in [0.5, 0.6) is 5.75 Å². The number of hydrogen-bond donors (Lipinski definition) is 0. The topological polar surface area (TPSA) is 35.5 Å². The number of ketones is 1. The highest BCUT2D eigenvalue weighted by molar-refractivity contribution is 5.96. The molecular formula is C12H14O3. The number of ether oxygens (including phenoxy) is 2. The standard InChI is InChI=1S/C12H14O3/c1-9(13)10-5-2-3-6-11(10)15-12-7-4-8-14-12/h2-3,5-6,12H,4,7-8H2,1H3. The summed E-state index contributed by atoms with van der Waals surface area (Å²) in [6.07, 6.45) is 1.73. The van der Waals surface area contributed by atoms with Gasteiger partial charge in [0, 0.05) is 6.42 Å². The third-order valence-electron chi connectivity index (χ3n) is 2.41. The maximum atomic E-state index is 11.3. The van der Waals surface area contributed by atoms with Gasteiger partial charge in [0.25, 0.3) is 0 Å². The normalized spacial score (nSPS) is 20.2. The molecule has 1 atom stereocenters. The Labute approximate surface area is 89.0 Å². The summed E-state index contributed by atoms with van der Waals surface area (Å²) in [5.41, 5.74) is 0.619. The van der Waals surface area contributed by atoms with Crippen LogP contribution in [0.15, 0.2) is 24.3 Å². The van der Waals surface area contributed by atoms with Crippen LogP contribution >= 0.6 is 0 Å². The quantitative estimate of drug-likeness (QED) is 0.712. The monoisotopic (exact) mass is 206 g/mol. The van der Waals surface area contributed by atoms with Gasteiger partial charge in [-0.3, -0.25) is 4.79 Å². The lowest BCUT2D eigenvalue weighted by molar-refractivity contribution is -0.0393. The fourth-order valence-corrected chi connectivity index (χ4v) is 1.64. The number of para-hydroxylation sites is 1. The zero-order valence-electron chi connectivity index (χ0n) is 8.73. The number of Topliss-reactive ketones (excluding diaryl/α,β-unsaturated/α-hetero) is 1. The second-order valence-electron chi connectivity index (χ2n) is 3.61. The zero-order valence-corrected chi connectivity index (χ0v) is 8.73. The van der Waals surface area contributed by atoms with E-state index in [0.29, 0.717) is 11.3 Å². The number of rotatable bonds is 3. The van der Waals surface area contributed by atoms with Crippen LogP contribution < -0.4 is 4.74 Å². The van der Waals surface area contributed by atoms with E-state index >= 15 is 0 Å². The molecule has 3 nitrogen and oxygen atoms in total. The Hall–Kier alpha value is -1.35. The van der Waals surface area contributed by atoms with E-state index in [1.165, 1.54) is 6.92 Å². The van der Waals surface area contributed by atoms with E-state index < -0.39 is 0 Å². The molecular weight excluding hydrogens is 192 g/mol. The minimum Gasteiger partial charge on any atom is -0.464 e. The maximum absolute atomic E-state index is 11.3. The molecule has 0 aliphatic carbocycles. The highest BCUT2D eigenvalue weighted by atomic mass is 16.7. The second-order valence-corrected chi connectivity index (χ2v) is 3.61. The summed E-state index contributed by atoms with van der Waals surface area (Å²) in [4.78, 5) is 11.3. The molecule has 0 N–H and O–H groups in total. The Morgan fingerprint density at radius 2 is 2.27 bits per heavy atom. The van der Waals surface area contributed by atoms with Gasteiger partial charge >= 0.3 is 0 Å². The smallest absolute Gasteiger partial charge is 0.199 e. The van der Waals surface area contributed by atoms with Gasteiger partial charge in [-0.25, -0.2) is 0 Å². The average Bonchev–Trinajstić information content (AvgIpc) is 2.71. The molecule has 1 fully saturated rings. The minimum atomic E-state index is -0.189. The number of carbonyl (C=O) groups excluding carboxylic acids is 1. The van der Waals surface area contributed by atoms with Gasteiger partial charge in [0.1, 0.15) is 5.75 Å². The van der Waals surface area contributed by atoms with Crippen molar-refractivity contribution in [1.82, 2.24) is 0 Å². The molecule has 1 unspecified atom stereocenters. The molecule has 80 valence electrons. The lowest BCUT2D eigenvalue weighted by Gasteiger charge is -2.14. The van der Waals surface area contributed by atoms with Crippen LogP contribution in [0.2, 0.25) is 0 Å². The van der Waals surface area contributed by atoms with E-state index in [1.807, 2.05) is 12.1 Å². The lowest BCUT2D eigenvalue weighted by atomic mass is 10.1. The van der Waals surface area contributed by atoms with Crippen molar-refractivity contribution in [3.8, 4) is 5.75 Å². The molecule has 1 aromatic carbocycles. The van der Waals surface area contributed by atoms with E-state index in [9.17, 15) is 4.79 Å². The van der Waals surface area contributed by atoms with Crippen molar-refractivity contribution >= 4 is 5.78 Å². The molecule has 1 saturated heterocycles. The van der Waals surface area contributed by atoms with Gasteiger partial charge in [-0.2, -0.15) is 0 Å². The van der Waals surface area contributed by atoms with Crippen LogP contribution in [0, 0.1) is 0 Å². The summed E-state index contributed by atoms with van der Waals surface area (Å²) < 4.78 is 11.0. The van der Waals surface area contributed by atoms with Crippen LogP contribution in [0.25, 0.3) is 0 Å². The molecule has 1 heterocycles. The molecule has 2 rings (SSSR count). The van der Waals surface area contributed by atoms with E-state index in [4.69, 9.17) is 9.47 Å². The Morgan fingerprint density at radius 3 is 2.93 bits per heavy atom. The maximum Gasteiger partial charge on any atom is 0.199 e. The first kappa shape index (κ1) is 10.2. The molecule has 3 heteroatoms. The largest absolute Gasteiger partial charge is 0.464 e. The highest BCUT2D eigenvalue weighted by Gasteiger charge is 2.18. The van der Waals surface area contributed by atoms with Crippen molar-refractivity contribution in [3.05, 3.63) is 29.8 Å². The van der Waals surface area contributed by atoms with Gasteiger partial charge in [0.05, 0.1) is 12.2 Å². The van der Waals surface area contributed by atoms with Crippen LogP contribution in [-0.4, -0.2) is 18.7 Å². The fraction of sp³-hybridized carbons (Fsp3) is 0.417. The summed E-state index contributed by atoms with van der Waals surface area (Å²) in [6, 6.07) is 7.26. The third kappa shape index (κ3) is 2.36. The van der Waals surface area contributed by atoms with Crippen molar-refractivity contribution in [3.63, 3.8) is 0 Å². The number of hydrogen-bond acceptors (Lipinski definition) is 3. The number of carbonyl (C=O) groups is 1. The van der Waals surface area contributed by atoms with E-state index in [0.717, 1.165) is 19.4 Å². The summed E-state index contributed by atoms with van der Waals surface area (Å²) in [5.74, 6) is 0.639. The molecule has 0 amide bonds. The van der Waals surface area contributed by atoms with Gasteiger partial charge in [0.2, 0.25) is 0 Å². The summed E-state index contributed by atoms with van der Waals surface area (Å²) in [5, 5.41) is 0. The summed E-state index contributed by atoms with van der Waals surface area (Å²) in [7, 11) is 0. The molecule has 0 aromatic heterocycles. The first-order valence-electron chi connectivity index (χ1n) is 5.15. The van der Waals surface area contributed by atoms with Crippen LogP contribution in [0.1, 0.15) is 30.1 Å². The molecule has 0 bridgehead atoms. The second kappa shape index (κ2) is 4.45. The number of benzene rings is 1. The van der Waals surface area contributed by atoms with Crippen molar-refractivity contribution < 1.29 is 14.3 Å². The molecule has 0 radical (unpaired) electrons. The van der Waals surface area contributed by atoms with E-state index in [2.05, 4.69) is 0 Å². The Bertz CT molecular complexity index is 354. The van der Waals surface area contributed by atoms with Crippen molar-refractivity contribution in [2.75, 3.05) is 6.61 Å². The SMILES string of the molecule is CC(=O)c1ccccc1OC1CCCO1. The van der Waals surface area contributed by atoms with Gasteiger partial charge in [-0.1, -0.05) is 12.1 Å². The van der Waals surface area contributed by atoms with E-state index in [1.54, 1.807) is 12.1 Å². The minimum absolute atomic E-state index is 0.0172. The highest BCUT2D eigenvalue weighted by Crippen LogP contribution is 2.23.